The van der Waals surface area contributed by atoms with Crippen LogP contribution in [0.25, 0.3) is 6.08 Å². The zero-order valence-corrected chi connectivity index (χ0v) is 17.0. The number of hydrogen-bond acceptors (Lipinski definition) is 5. The molecule has 3 unspecified atom stereocenters. The van der Waals surface area contributed by atoms with Gasteiger partial charge in [-0.15, -0.1) is 0 Å². The van der Waals surface area contributed by atoms with E-state index >= 15 is 0 Å². The first-order valence-electron chi connectivity index (χ1n) is 9.86. The number of halogens is 1. The van der Waals surface area contributed by atoms with E-state index in [0.29, 0.717) is 30.0 Å². The highest BCUT2D eigenvalue weighted by Gasteiger charge is 2.42. The summed E-state index contributed by atoms with van der Waals surface area (Å²) >= 11 is 6.10. The Balaban J connectivity index is 1.34. The topological polar surface area (TPSA) is 61.8 Å². The average molecular weight is 425 g/mol. The highest BCUT2D eigenvalue weighted by Crippen LogP contribution is 2.36. The van der Waals surface area contributed by atoms with Crippen molar-refractivity contribution < 1.29 is 23.8 Å². The van der Waals surface area contributed by atoms with Gasteiger partial charge in [-0.25, -0.2) is 4.79 Å². The van der Waals surface area contributed by atoms with Crippen molar-refractivity contribution in [3.63, 3.8) is 0 Å². The third-order valence-corrected chi connectivity index (χ3v) is 5.54. The summed E-state index contributed by atoms with van der Waals surface area (Å²) in [5.74, 6) is -0.274. The molecule has 1 aliphatic heterocycles. The molecule has 0 spiro atoms. The van der Waals surface area contributed by atoms with Crippen LogP contribution < -0.4 is 4.74 Å². The number of hydrogen-bond donors (Lipinski definition) is 0. The number of rotatable bonds is 5. The van der Waals surface area contributed by atoms with Gasteiger partial charge in [0.15, 0.2) is 0 Å². The molecule has 1 aliphatic carbocycles. The Morgan fingerprint density at radius 1 is 1.07 bits per heavy atom. The molecule has 1 fully saturated rings. The number of para-hydroxylation sites is 1. The summed E-state index contributed by atoms with van der Waals surface area (Å²) in [7, 11) is 0. The fourth-order valence-corrected chi connectivity index (χ4v) is 3.87. The summed E-state index contributed by atoms with van der Waals surface area (Å²) < 4.78 is 17.0. The second kappa shape index (κ2) is 9.18. The number of carbonyl (C=O) groups is 2. The Kier molecular flexibility index (Phi) is 6.19. The number of ether oxygens (including phenoxy) is 3. The van der Waals surface area contributed by atoms with Gasteiger partial charge in [0.05, 0.1) is 10.9 Å². The number of carbonyl (C=O) groups excluding carboxylic acids is 2. The molecule has 5 nitrogen and oxygen atoms in total. The number of esters is 1. The van der Waals surface area contributed by atoms with Crippen molar-refractivity contribution in [2.24, 2.45) is 5.92 Å². The van der Waals surface area contributed by atoms with E-state index < -0.39 is 5.97 Å². The standard InChI is InChI=1S/C24H21ClO5/c25-19-8-4-5-9-20(19)30-22-15-28-21-14-17(11-12-18(21)24(22)27)29-23(26)13-10-16-6-2-1-3-7-16/h1-10,13,15,17-18,21H,11-12,14H2/b13-10+. The van der Waals surface area contributed by atoms with Gasteiger partial charge in [-0.05, 0) is 36.6 Å². The van der Waals surface area contributed by atoms with Crippen molar-refractivity contribution in [2.45, 2.75) is 31.5 Å². The highest BCUT2D eigenvalue weighted by atomic mass is 35.5. The molecule has 0 aromatic heterocycles. The van der Waals surface area contributed by atoms with Gasteiger partial charge in [-0.2, -0.15) is 0 Å². The largest absolute Gasteiger partial charge is 0.493 e. The van der Waals surface area contributed by atoms with Crippen molar-refractivity contribution >= 4 is 29.4 Å². The lowest BCUT2D eigenvalue weighted by atomic mass is 9.80. The molecule has 2 aromatic carbocycles. The van der Waals surface area contributed by atoms with Crippen LogP contribution in [0.2, 0.25) is 5.02 Å². The summed E-state index contributed by atoms with van der Waals surface area (Å²) in [4.78, 5) is 25.0. The molecule has 0 bridgehead atoms. The van der Waals surface area contributed by atoms with E-state index in [9.17, 15) is 9.59 Å². The van der Waals surface area contributed by atoms with E-state index in [2.05, 4.69) is 0 Å². The lowest BCUT2D eigenvalue weighted by Crippen LogP contribution is -2.42. The van der Waals surface area contributed by atoms with E-state index in [-0.39, 0.29) is 29.7 Å². The van der Waals surface area contributed by atoms with Gasteiger partial charge in [0, 0.05) is 12.5 Å². The minimum atomic E-state index is -0.400. The van der Waals surface area contributed by atoms with Crippen LogP contribution in [-0.4, -0.2) is 24.0 Å². The zero-order chi connectivity index (χ0) is 20.9. The van der Waals surface area contributed by atoms with Gasteiger partial charge >= 0.3 is 5.97 Å². The zero-order valence-electron chi connectivity index (χ0n) is 16.2. The summed E-state index contributed by atoms with van der Waals surface area (Å²) in [6, 6.07) is 16.5. The SMILES string of the molecule is O=C(/C=C/c1ccccc1)OC1CCC2C(=O)C(Oc3ccccc3Cl)=COC2C1. The lowest BCUT2D eigenvalue weighted by Gasteiger charge is -2.36. The van der Waals surface area contributed by atoms with E-state index in [1.165, 1.54) is 12.3 Å². The van der Waals surface area contributed by atoms with Gasteiger partial charge in [-0.1, -0.05) is 54.1 Å². The summed E-state index contributed by atoms with van der Waals surface area (Å²) in [5, 5.41) is 0.424. The van der Waals surface area contributed by atoms with Crippen molar-refractivity contribution in [1.82, 2.24) is 0 Å². The first-order chi connectivity index (χ1) is 14.6. The van der Waals surface area contributed by atoms with Crippen LogP contribution in [0.3, 0.4) is 0 Å². The Labute approximate surface area is 179 Å². The maximum absolute atomic E-state index is 12.8. The number of ketones is 1. The molecule has 1 heterocycles. The van der Waals surface area contributed by atoms with Crippen molar-refractivity contribution in [3.05, 3.63) is 83.3 Å². The normalized spacial score (nSPS) is 23.3. The molecule has 2 aliphatic rings. The Hall–Kier alpha value is -3.05. The first-order valence-corrected chi connectivity index (χ1v) is 10.2. The van der Waals surface area contributed by atoms with Gasteiger partial charge in [0.25, 0.3) is 0 Å². The van der Waals surface area contributed by atoms with Crippen LogP contribution in [0.15, 0.2) is 72.7 Å². The van der Waals surface area contributed by atoms with E-state index in [0.717, 1.165) is 5.56 Å². The molecule has 2 aromatic rings. The molecule has 154 valence electrons. The molecular weight excluding hydrogens is 404 g/mol. The maximum Gasteiger partial charge on any atom is 0.331 e. The van der Waals surface area contributed by atoms with Crippen LogP contribution in [0.4, 0.5) is 0 Å². The fourth-order valence-electron chi connectivity index (χ4n) is 3.69. The number of Topliss-reactive ketones (excluding diaryl/α,β-unsaturated/α-hetero) is 1. The highest BCUT2D eigenvalue weighted by molar-refractivity contribution is 6.32. The Morgan fingerprint density at radius 3 is 2.63 bits per heavy atom. The lowest BCUT2D eigenvalue weighted by molar-refractivity contribution is -0.149. The molecule has 3 atom stereocenters. The third-order valence-electron chi connectivity index (χ3n) is 5.22. The van der Waals surface area contributed by atoms with Crippen molar-refractivity contribution in [2.75, 3.05) is 0 Å². The monoisotopic (exact) mass is 424 g/mol. The van der Waals surface area contributed by atoms with Crippen LogP contribution >= 0.6 is 11.6 Å². The predicted octanol–water partition coefficient (Wildman–Crippen LogP) is 4.95. The van der Waals surface area contributed by atoms with E-state index in [1.54, 1.807) is 30.3 Å². The molecule has 0 amide bonds. The number of allylic oxidation sites excluding steroid dienone is 1. The minimum absolute atomic E-state index is 0.111. The Bertz CT molecular complexity index is 982. The van der Waals surface area contributed by atoms with Crippen LogP contribution in [0, 0.1) is 5.92 Å². The molecule has 0 radical (unpaired) electrons. The molecule has 0 saturated heterocycles. The van der Waals surface area contributed by atoms with Gasteiger partial charge < -0.3 is 14.2 Å². The third kappa shape index (κ3) is 4.74. The van der Waals surface area contributed by atoms with E-state index in [4.69, 9.17) is 25.8 Å². The van der Waals surface area contributed by atoms with Crippen LogP contribution in [-0.2, 0) is 19.1 Å². The second-order valence-electron chi connectivity index (χ2n) is 7.28. The average Bonchev–Trinajstić information content (AvgIpc) is 2.76. The van der Waals surface area contributed by atoms with Crippen LogP contribution in [0.1, 0.15) is 24.8 Å². The minimum Gasteiger partial charge on any atom is -0.493 e. The first kappa shape index (κ1) is 20.2. The number of fused-ring (bicyclic) bond motifs is 1. The molecule has 4 rings (SSSR count). The quantitative estimate of drug-likeness (QED) is 0.501. The summed E-state index contributed by atoms with van der Waals surface area (Å²) in [5.41, 5.74) is 0.926. The maximum atomic E-state index is 12.8. The summed E-state index contributed by atoms with van der Waals surface area (Å²) in [6.07, 6.45) is 5.49. The van der Waals surface area contributed by atoms with Crippen molar-refractivity contribution in [3.8, 4) is 5.75 Å². The van der Waals surface area contributed by atoms with Crippen molar-refractivity contribution in [1.29, 1.82) is 0 Å². The van der Waals surface area contributed by atoms with Gasteiger partial charge in [0.2, 0.25) is 11.5 Å². The van der Waals surface area contributed by atoms with Crippen LogP contribution in [0.5, 0.6) is 5.75 Å². The fraction of sp³-hybridized carbons (Fsp3) is 0.250. The van der Waals surface area contributed by atoms with E-state index in [1.807, 2.05) is 30.3 Å². The molecule has 0 N–H and O–H groups in total. The molecule has 1 saturated carbocycles. The molecular formula is C24H21ClO5. The second-order valence-corrected chi connectivity index (χ2v) is 7.68. The van der Waals surface area contributed by atoms with Gasteiger partial charge in [0.1, 0.15) is 24.2 Å². The predicted molar refractivity (Wildman–Crippen MR) is 113 cm³/mol. The number of benzene rings is 2. The van der Waals surface area contributed by atoms with Gasteiger partial charge in [-0.3, -0.25) is 4.79 Å². The molecule has 30 heavy (non-hydrogen) atoms. The Morgan fingerprint density at radius 2 is 1.83 bits per heavy atom. The smallest absolute Gasteiger partial charge is 0.331 e. The molecule has 6 heteroatoms. The summed E-state index contributed by atoms with van der Waals surface area (Å²) in [6.45, 7) is 0.